The van der Waals surface area contributed by atoms with Gasteiger partial charge in [-0.05, 0) is 55.0 Å². The third-order valence-electron chi connectivity index (χ3n) is 3.99. The van der Waals surface area contributed by atoms with Crippen LogP contribution in [0.4, 0.5) is 11.6 Å². The van der Waals surface area contributed by atoms with Gasteiger partial charge in [-0.3, -0.25) is 5.32 Å². The van der Waals surface area contributed by atoms with Crippen LogP contribution in [0.2, 0.25) is 0 Å². The summed E-state index contributed by atoms with van der Waals surface area (Å²) in [5, 5.41) is 10.8. The predicted molar refractivity (Wildman–Crippen MR) is 88.8 cm³/mol. The summed E-state index contributed by atoms with van der Waals surface area (Å²) in [6, 6.07) is 12.6. The van der Waals surface area contributed by atoms with E-state index in [0.29, 0.717) is 0 Å². The van der Waals surface area contributed by atoms with Crippen LogP contribution in [0.15, 0.2) is 42.7 Å². The Morgan fingerprint density at radius 2 is 1.41 bits per heavy atom. The van der Waals surface area contributed by atoms with E-state index < -0.39 is 0 Å². The van der Waals surface area contributed by atoms with Crippen LogP contribution in [0, 0.1) is 27.7 Å². The van der Waals surface area contributed by atoms with E-state index in [9.17, 15) is 0 Å². The molecule has 1 aromatic heterocycles. The lowest BCUT2D eigenvalue weighted by molar-refractivity contribution is -0.581. The first-order valence-electron chi connectivity index (χ1n) is 7.43. The van der Waals surface area contributed by atoms with Gasteiger partial charge >= 0.3 is 5.95 Å². The number of aromatic nitrogens is 3. The molecule has 0 bridgehead atoms. The number of hydrogen-bond acceptors (Lipinski definition) is 2. The number of para-hydroxylation sites is 2. The van der Waals surface area contributed by atoms with E-state index in [1.165, 1.54) is 22.3 Å². The number of nitrogens with one attached hydrogen (secondary N) is 2. The van der Waals surface area contributed by atoms with Crippen LogP contribution < -0.4 is 9.88 Å². The van der Waals surface area contributed by atoms with Gasteiger partial charge in [0, 0.05) is 0 Å². The Kier molecular flexibility index (Phi) is 3.67. The number of anilines is 2. The highest BCUT2D eigenvalue weighted by Gasteiger charge is 2.18. The van der Waals surface area contributed by atoms with Crippen molar-refractivity contribution in [2.75, 3.05) is 5.32 Å². The predicted octanol–water partition coefficient (Wildman–Crippen LogP) is 3.66. The van der Waals surface area contributed by atoms with Gasteiger partial charge in [0.05, 0.1) is 5.69 Å². The molecular formula is C18H21N4+. The van der Waals surface area contributed by atoms with Crippen molar-refractivity contribution in [3.63, 3.8) is 0 Å². The first-order chi connectivity index (χ1) is 10.6. The van der Waals surface area contributed by atoms with Gasteiger partial charge in [0.1, 0.15) is 5.69 Å². The van der Waals surface area contributed by atoms with Crippen molar-refractivity contribution in [2.45, 2.75) is 27.7 Å². The number of aromatic amines is 1. The molecule has 0 aliphatic rings. The Morgan fingerprint density at radius 1 is 0.864 bits per heavy atom. The highest BCUT2D eigenvalue weighted by Crippen LogP contribution is 2.23. The van der Waals surface area contributed by atoms with Gasteiger partial charge in [-0.2, -0.15) is 4.57 Å². The summed E-state index contributed by atoms with van der Waals surface area (Å²) in [5.74, 6) is 0.856. The molecule has 0 amide bonds. The Hall–Kier alpha value is -2.62. The molecule has 2 N–H and O–H groups in total. The van der Waals surface area contributed by atoms with E-state index >= 15 is 0 Å². The Balaban J connectivity index is 2.07. The fourth-order valence-corrected chi connectivity index (χ4v) is 2.83. The average molecular weight is 293 g/mol. The summed E-state index contributed by atoms with van der Waals surface area (Å²) in [7, 11) is 0. The molecule has 22 heavy (non-hydrogen) atoms. The molecule has 3 aromatic rings. The first kappa shape index (κ1) is 14.3. The monoisotopic (exact) mass is 293 g/mol. The summed E-state index contributed by atoms with van der Waals surface area (Å²) >= 11 is 0. The topological polar surface area (TPSA) is 44.6 Å². The van der Waals surface area contributed by atoms with E-state index in [1.807, 2.05) is 6.33 Å². The zero-order valence-corrected chi connectivity index (χ0v) is 13.4. The molecule has 0 aliphatic heterocycles. The lowest BCUT2D eigenvalue weighted by Gasteiger charge is -2.11. The van der Waals surface area contributed by atoms with Crippen molar-refractivity contribution in [2.24, 2.45) is 0 Å². The summed E-state index contributed by atoms with van der Waals surface area (Å²) in [6.07, 6.45) is 1.81. The van der Waals surface area contributed by atoms with Crippen LogP contribution >= 0.6 is 0 Å². The quantitative estimate of drug-likeness (QED) is 0.724. The summed E-state index contributed by atoms with van der Waals surface area (Å²) in [6.45, 7) is 8.44. The molecule has 112 valence electrons. The van der Waals surface area contributed by atoms with Gasteiger partial charge < -0.3 is 0 Å². The molecule has 2 aromatic carbocycles. The number of H-pyrrole nitrogens is 1. The summed E-state index contributed by atoms with van der Waals surface area (Å²) in [4.78, 5) is 0. The van der Waals surface area contributed by atoms with Gasteiger partial charge in [-0.15, -0.1) is 5.10 Å². The standard InChI is InChI=1S/C18H20N4/c1-12-7-5-8-13(2)16(12)20-18-21-19-11-22(18)17-14(3)9-6-10-15(17)4/h5-11H,1-4H3,(H,20,21)/p+1. The van der Waals surface area contributed by atoms with Crippen molar-refractivity contribution >= 4 is 11.6 Å². The average Bonchev–Trinajstić information content (AvgIpc) is 2.91. The third-order valence-corrected chi connectivity index (χ3v) is 3.99. The molecule has 0 radical (unpaired) electrons. The van der Waals surface area contributed by atoms with E-state index in [0.717, 1.165) is 17.3 Å². The number of benzene rings is 2. The highest BCUT2D eigenvalue weighted by molar-refractivity contribution is 5.61. The van der Waals surface area contributed by atoms with E-state index in [4.69, 9.17) is 0 Å². The zero-order chi connectivity index (χ0) is 15.7. The molecule has 1 heterocycles. The summed E-state index contributed by atoms with van der Waals surface area (Å²) < 4.78 is 2.07. The van der Waals surface area contributed by atoms with E-state index in [2.05, 4.69) is 84.2 Å². The highest BCUT2D eigenvalue weighted by atomic mass is 15.3. The van der Waals surface area contributed by atoms with Gasteiger partial charge in [0.2, 0.25) is 6.33 Å². The van der Waals surface area contributed by atoms with Crippen LogP contribution in [0.1, 0.15) is 22.3 Å². The van der Waals surface area contributed by atoms with E-state index in [-0.39, 0.29) is 0 Å². The molecule has 0 fully saturated rings. The lowest BCUT2D eigenvalue weighted by atomic mass is 10.1. The molecule has 4 heteroatoms. The smallest absolute Gasteiger partial charge is 0.262 e. The van der Waals surface area contributed by atoms with Crippen LogP contribution in [0.3, 0.4) is 0 Å². The van der Waals surface area contributed by atoms with Gasteiger partial charge in [-0.25, -0.2) is 0 Å². The maximum absolute atomic E-state index is 4.21. The van der Waals surface area contributed by atoms with Crippen LogP contribution in [0.25, 0.3) is 5.69 Å². The molecule has 3 rings (SSSR count). The van der Waals surface area contributed by atoms with Crippen LogP contribution in [-0.2, 0) is 0 Å². The number of hydrogen-bond donors (Lipinski definition) is 2. The molecular weight excluding hydrogens is 272 g/mol. The largest absolute Gasteiger partial charge is 0.351 e. The molecule has 0 aliphatic carbocycles. The Morgan fingerprint density at radius 3 is 2.00 bits per heavy atom. The van der Waals surface area contributed by atoms with Gasteiger partial charge in [-0.1, -0.05) is 36.4 Å². The third kappa shape index (κ3) is 2.48. The van der Waals surface area contributed by atoms with Crippen molar-refractivity contribution in [3.05, 3.63) is 65.0 Å². The van der Waals surface area contributed by atoms with Crippen LogP contribution in [-0.4, -0.2) is 10.2 Å². The van der Waals surface area contributed by atoms with E-state index in [1.54, 1.807) is 0 Å². The summed E-state index contributed by atoms with van der Waals surface area (Å²) in [5.41, 5.74) is 7.13. The second-order valence-corrected chi connectivity index (χ2v) is 5.71. The zero-order valence-electron chi connectivity index (χ0n) is 13.4. The molecule has 0 unspecified atom stereocenters. The molecule has 0 saturated carbocycles. The van der Waals surface area contributed by atoms with Crippen LogP contribution in [0.5, 0.6) is 0 Å². The maximum atomic E-state index is 4.21. The number of nitrogens with zero attached hydrogens (tertiary/aromatic N) is 2. The van der Waals surface area contributed by atoms with Crippen molar-refractivity contribution in [1.29, 1.82) is 0 Å². The second kappa shape index (κ2) is 5.64. The fourth-order valence-electron chi connectivity index (χ4n) is 2.83. The molecule has 0 spiro atoms. The molecule has 4 nitrogen and oxygen atoms in total. The normalized spacial score (nSPS) is 10.7. The SMILES string of the molecule is Cc1cccc(C)c1Nc1[nH]nc[n+]1-c1c(C)cccc1C. The minimum Gasteiger partial charge on any atom is -0.262 e. The molecule has 0 atom stereocenters. The van der Waals surface area contributed by atoms with Crippen molar-refractivity contribution in [1.82, 2.24) is 10.2 Å². The van der Waals surface area contributed by atoms with Gasteiger partial charge in [0.15, 0.2) is 0 Å². The number of rotatable bonds is 3. The molecule has 0 saturated heterocycles. The minimum atomic E-state index is 0.856. The minimum absolute atomic E-state index is 0.856. The first-order valence-corrected chi connectivity index (χ1v) is 7.43. The Bertz CT molecular complexity index is 777. The second-order valence-electron chi connectivity index (χ2n) is 5.71. The van der Waals surface area contributed by atoms with Crippen molar-refractivity contribution in [3.8, 4) is 5.69 Å². The Labute approximate surface area is 130 Å². The van der Waals surface area contributed by atoms with Crippen molar-refractivity contribution < 1.29 is 4.57 Å². The number of aryl methyl sites for hydroxylation is 4. The fraction of sp³-hybridized carbons (Fsp3) is 0.222. The maximum Gasteiger partial charge on any atom is 0.351 e. The lowest BCUT2D eigenvalue weighted by Crippen LogP contribution is -2.33. The van der Waals surface area contributed by atoms with Gasteiger partial charge in [0.25, 0.3) is 0 Å².